The van der Waals surface area contributed by atoms with Gasteiger partial charge in [-0.2, -0.15) is 0 Å². The standard InChI is InChI=1S/C22H21N7O/c1-29(16-8-11-23-12-9-16)21-17(3-2-10-24-21)20-27-18-7-6-15(13-19(18)28-20)26-22(30)25-14-4-5-14/h2-3,6-14H,4-5H2,1H3,(H,27,28)(H2,25,26,30). The molecule has 30 heavy (non-hydrogen) atoms. The predicted molar refractivity (Wildman–Crippen MR) is 117 cm³/mol. The number of aromatic nitrogens is 4. The fourth-order valence-corrected chi connectivity index (χ4v) is 3.33. The zero-order valence-electron chi connectivity index (χ0n) is 16.5. The number of rotatable bonds is 5. The van der Waals surface area contributed by atoms with E-state index in [1.54, 1.807) is 18.6 Å². The molecule has 4 aromatic rings. The third-order valence-corrected chi connectivity index (χ3v) is 5.06. The Labute approximate surface area is 173 Å². The van der Waals surface area contributed by atoms with E-state index < -0.39 is 0 Å². The number of amides is 2. The van der Waals surface area contributed by atoms with Gasteiger partial charge in [-0.05, 0) is 55.3 Å². The first-order valence-electron chi connectivity index (χ1n) is 9.84. The molecule has 8 nitrogen and oxygen atoms in total. The van der Waals surface area contributed by atoms with Crippen LogP contribution in [-0.2, 0) is 0 Å². The molecule has 0 unspecified atom stereocenters. The van der Waals surface area contributed by atoms with Crippen LogP contribution in [0.15, 0.2) is 61.1 Å². The van der Waals surface area contributed by atoms with Crippen LogP contribution in [0.3, 0.4) is 0 Å². The Morgan fingerprint density at radius 1 is 1.13 bits per heavy atom. The lowest BCUT2D eigenvalue weighted by atomic mass is 10.2. The van der Waals surface area contributed by atoms with Crippen molar-refractivity contribution in [3.63, 3.8) is 0 Å². The van der Waals surface area contributed by atoms with E-state index in [1.165, 1.54) is 0 Å². The average Bonchev–Trinajstić information content (AvgIpc) is 3.48. The van der Waals surface area contributed by atoms with Gasteiger partial charge in [-0.3, -0.25) is 4.98 Å². The third-order valence-electron chi connectivity index (χ3n) is 5.06. The molecule has 2 amide bonds. The minimum absolute atomic E-state index is 0.176. The highest BCUT2D eigenvalue weighted by Crippen LogP contribution is 2.32. The van der Waals surface area contributed by atoms with Crippen molar-refractivity contribution in [2.75, 3.05) is 17.3 Å². The maximum atomic E-state index is 12.0. The van der Waals surface area contributed by atoms with Crippen molar-refractivity contribution in [2.45, 2.75) is 18.9 Å². The largest absolute Gasteiger partial charge is 0.338 e. The van der Waals surface area contributed by atoms with E-state index in [2.05, 4.69) is 25.6 Å². The van der Waals surface area contributed by atoms with Gasteiger partial charge in [-0.1, -0.05) is 0 Å². The number of pyridine rings is 2. The summed E-state index contributed by atoms with van der Waals surface area (Å²) < 4.78 is 0. The molecule has 0 spiro atoms. The number of benzene rings is 1. The molecule has 8 heteroatoms. The van der Waals surface area contributed by atoms with Crippen molar-refractivity contribution >= 4 is 34.3 Å². The lowest BCUT2D eigenvalue weighted by Gasteiger charge is -2.20. The highest BCUT2D eigenvalue weighted by molar-refractivity contribution is 5.93. The molecule has 0 bridgehead atoms. The molecule has 5 rings (SSSR count). The number of aromatic amines is 1. The Bertz CT molecular complexity index is 1200. The van der Waals surface area contributed by atoms with Gasteiger partial charge in [0.15, 0.2) is 0 Å². The van der Waals surface area contributed by atoms with Crippen molar-refractivity contribution in [2.24, 2.45) is 0 Å². The van der Waals surface area contributed by atoms with Crippen LogP contribution < -0.4 is 15.5 Å². The Morgan fingerprint density at radius 3 is 2.77 bits per heavy atom. The van der Waals surface area contributed by atoms with Gasteiger partial charge in [0.2, 0.25) is 0 Å². The molecule has 0 atom stereocenters. The average molecular weight is 399 g/mol. The van der Waals surface area contributed by atoms with Crippen molar-refractivity contribution < 1.29 is 4.79 Å². The van der Waals surface area contributed by atoms with Crippen LogP contribution in [0.5, 0.6) is 0 Å². The Balaban J connectivity index is 1.45. The number of H-pyrrole nitrogens is 1. The van der Waals surface area contributed by atoms with Crippen LogP contribution in [0.4, 0.5) is 22.0 Å². The fourth-order valence-electron chi connectivity index (χ4n) is 3.33. The number of hydrogen-bond donors (Lipinski definition) is 3. The summed E-state index contributed by atoms with van der Waals surface area (Å²) >= 11 is 0. The summed E-state index contributed by atoms with van der Waals surface area (Å²) in [6.07, 6.45) is 7.38. The molecule has 150 valence electrons. The molecule has 1 aliphatic rings. The number of carbonyl (C=O) groups excluding carboxylic acids is 1. The van der Waals surface area contributed by atoms with Gasteiger partial charge >= 0.3 is 6.03 Å². The maximum absolute atomic E-state index is 12.0. The minimum atomic E-state index is -0.176. The van der Waals surface area contributed by atoms with E-state index in [1.807, 2.05) is 54.4 Å². The van der Waals surface area contributed by atoms with Crippen LogP contribution in [0, 0.1) is 0 Å². The lowest BCUT2D eigenvalue weighted by molar-refractivity contribution is 0.251. The van der Waals surface area contributed by atoms with E-state index in [4.69, 9.17) is 4.98 Å². The van der Waals surface area contributed by atoms with Crippen molar-refractivity contribution in [3.05, 3.63) is 61.1 Å². The first kappa shape index (κ1) is 18.1. The number of hydrogen-bond acceptors (Lipinski definition) is 5. The van der Waals surface area contributed by atoms with E-state index >= 15 is 0 Å². The molecule has 1 fully saturated rings. The van der Waals surface area contributed by atoms with Crippen LogP contribution in [-0.4, -0.2) is 39.1 Å². The van der Waals surface area contributed by atoms with E-state index in [0.29, 0.717) is 11.9 Å². The van der Waals surface area contributed by atoms with Gasteiger partial charge in [0.25, 0.3) is 0 Å². The van der Waals surface area contributed by atoms with Gasteiger partial charge in [0.1, 0.15) is 11.6 Å². The Morgan fingerprint density at radius 2 is 1.97 bits per heavy atom. The van der Waals surface area contributed by atoms with Crippen LogP contribution in [0.25, 0.3) is 22.4 Å². The fraction of sp³-hybridized carbons (Fsp3) is 0.182. The van der Waals surface area contributed by atoms with Crippen molar-refractivity contribution in [1.82, 2.24) is 25.3 Å². The van der Waals surface area contributed by atoms with Gasteiger partial charge in [0, 0.05) is 43.1 Å². The van der Waals surface area contributed by atoms with Gasteiger partial charge in [-0.15, -0.1) is 0 Å². The van der Waals surface area contributed by atoms with E-state index in [9.17, 15) is 4.79 Å². The van der Waals surface area contributed by atoms with Crippen LogP contribution in [0.1, 0.15) is 12.8 Å². The molecule has 3 N–H and O–H groups in total. The van der Waals surface area contributed by atoms with Crippen LogP contribution >= 0.6 is 0 Å². The maximum Gasteiger partial charge on any atom is 0.319 e. The second-order valence-corrected chi connectivity index (χ2v) is 7.33. The van der Waals surface area contributed by atoms with Gasteiger partial charge in [0.05, 0.1) is 16.6 Å². The number of nitrogens with zero attached hydrogens (tertiary/aromatic N) is 4. The number of nitrogens with one attached hydrogen (secondary N) is 3. The van der Waals surface area contributed by atoms with Crippen molar-refractivity contribution in [1.29, 1.82) is 0 Å². The summed E-state index contributed by atoms with van der Waals surface area (Å²) in [5.41, 5.74) is 4.24. The molecule has 0 saturated heterocycles. The smallest absolute Gasteiger partial charge is 0.319 e. The lowest BCUT2D eigenvalue weighted by Crippen LogP contribution is -2.30. The number of anilines is 3. The zero-order chi connectivity index (χ0) is 20.5. The first-order valence-corrected chi connectivity index (χ1v) is 9.84. The van der Waals surface area contributed by atoms with Crippen LogP contribution in [0.2, 0.25) is 0 Å². The summed E-state index contributed by atoms with van der Waals surface area (Å²) in [5, 5.41) is 5.80. The summed E-state index contributed by atoms with van der Waals surface area (Å²) in [7, 11) is 1.96. The molecule has 1 aromatic carbocycles. The predicted octanol–water partition coefficient (Wildman–Crippen LogP) is 4.07. The second-order valence-electron chi connectivity index (χ2n) is 7.33. The zero-order valence-corrected chi connectivity index (χ0v) is 16.5. The summed E-state index contributed by atoms with van der Waals surface area (Å²) in [6.45, 7) is 0. The molecular formula is C22H21N7O. The van der Waals surface area contributed by atoms with E-state index in [0.717, 1.165) is 46.6 Å². The van der Waals surface area contributed by atoms with E-state index in [-0.39, 0.29) is 6.03 Å². The molecule has 3 aromatic heterocycles. The summed E-state index contributed by atoms with van der Waals surface area (Å²) in [5.74, 6) is 1.50. The van der Waals surface area contributed by atoms with Crippen molar-refractivity contribution in [3.8, 4) is 11.4 Å². The number of carbonyl (C=O) groups is 1. The monoisotopic (exact) mass is 399 g/mol. The topological polar surface area (TPSA) is 98.8 Å². The minimum Gasteiger partial charge on any atom is -0.338 e. The molecule has 1 saturated carbocycles. The second kappa shape index (κ2) is 7.47. The third kappa shape index (κ3) is 3.67. The summed E-state index contributed by atoms with van der Waals surface area (Å²) in [6, 6.07) is 13.5. The molecule has 3 heterocycles. The highest BCUT2D eigenvalue weighted by atomic mass is 16.2. The molecule has 0 aliphatic heterocycles. The highest BCUT2D eigenvalue weighted by Gasteiger charge is 2.23. The molecular weight excluding hydrogens is 378 g/mol. The molecule has 1 aliphatic carbocycles. The normalized spacial score (nSPS) is 13.2. The quantitative estimate of drug-likeness (QED) is 0.470. The SMILES string of the molecule is CN(c1ccncc1)c1ncccc1-c1nc2ccc(NC(=O)NC3CC3)cc2[nH]1. The summed E-state index contributed by atoms with van der Waals surface area (Å²) in [4.78, 5) is 30.8. The molecule has 0 radical (unpaired) electrons. The number of urea groups is 1. The number of imidazole rings is 1. The van der Waals surface area contributed by atoms with Gasteiger partial charge < -0.3 is 20.5 Å². The number of fused-ring (bicyclic) bond motifs is 1. The Kier molecular flexibility index (Phi) is 4.51. The van der Waals surface area contributed by atoms with Gasteiger partial charge in [-0.25, -0.2) is 14.8 Å². The Hall–Kier alpha value is -3.94. The first-order chi connectivity index (χ1) is 14.7.